The molecule has 124 valence electrons. The van der Waals surface area contributed by atoms with Crippen molar-refractivity contribution in [2.24, 2.45) is 7.05 Å². The molecule has 0 unspecified atom stereocenters. The van der Waals surface area contributed by atoms with Crippen molar-refractivity contribution < 1.29 is 4.79 Å². The fraction of sp³-hybridized carbons (Fsp3) is 0.235. The molecule has 2 aromatic heterocycles. The summed E-state index contributed by atoms with van der Waals surface area (Å²) in [6.07, 6.45) is 0. The zero-order valence-electron chi connectivity index (χ0n) is 13.8. The highest BCUT2D eigenvalue weighted by atomic mass is 32.1. The number of aromatic nitrogens is 3. The molecule has 0 fully saturated rings. The van der Waals surface area contributed by atoms with Gasteiger partial charge in [0.05, 0.1) is 17.4 Å². The molecule has 0 radical (unpaired) electrons. The van der Waals surface area contributed by atoms with Crippen LogP contribution in [0, 0.1) is 6.92 Å². The van der Waals surface area contributed by atoms with Gasteiger partial charge in [0.25, 0.3) is 0 Å². The molecule has 0 saturated carbocycles. The molecule has 3 rings (SSSR count). The number of hydrogen-bond donors (Lipinski definition) is 2. The maximum Gasteiger partial charge on any atom is 0.320 e. The number of nitrogens with one attached hydrogen (secondary N) is 2. The van der Waals surface area contributed by atoms with Crippen LogP contribution in [0.4, 0.5) is 10.6 Å². The average Bonchev–Trinajstić information content (AvgIpc) is 3.15. The first-order valence-corrected chi connectivity index (χ1v) is 8.50. The van der Waals surface area contributed by atoms with Crippen molar-refractivity contribution >= 4 is 23.2 Å². The second-order valence-corrected chi connectivity index (χ2v) is 6.44. The maximum absolute atomic E-state index is 12.1. The van der Waals surface area contributed by atoms with Crippen LogP contribution in [0.15, 0.2) is 41.8 Å². The zero-order valence-corrected chi connectivity index (χ0v) is 14.6. The predicted molar refractivity (Wildman–Crippen MR) is 96.1 cm³/mol. The van der Waals surface area contributed by atoms with E-state index in [-0.39, 0.29) is 12.1 Å². The lowest BCUT2D eigenvalue weighted by atomic mass is 10.2. The first-order valence-electron chi connectivity index (χ1n) is 7.62. The SMILES string of the molecule is Cc1cc(NC(=O)N[C@H](C)c2nc(-c3ccccc3)cs2)n(C)n1. The summed E-state index contributed by atoms with van der Waals surface area (Å²) in [6.45, 7) is 3.80. The highest BCUT2D eigenvalue weighted by Crippen LogP contribution is 2.25. The minimum Gasteiger partial charge on any atom is -0.329 e. The van der Waals surface area contributed by atoms with Gasteiger partial charge in [-0.3, -0.25) is 10.00 Å². The molecule has 0 aliphatic carbocycles. The Morgan fingerprint density at radius 3 is 2.71 bits per heavy atom. The van der Waals surface area contributed by atoms with Gasteiger partial charge in [0.1, 0.15) is 10.8 Å². The Morgan fingerprint density at radius 2 is 2.04 bits per heavy atom. The van der Waals surface area contributed by atoms with Crippen molar-refractivity contribution in [3.8, 4) is 11.3 Å². The summed E-state index contributed by atoms with van der Waals surface area (Å²) >= 11 is 1.54. The molecule has 24 heavy (non-hydrogen) atoms. The standard InChI is InChI=1S/C17H19N5OS/c1-11-9-15(22(3)21-11)20-17(23)18-12(2)16-19-14(10-24-16)13-7-5-4-6-8-13/h4-10,12H,1-3H3,(H2,18,20,23)/t12-/m1/s1. The number of thiazole rings is 1. The maximum atomic E-state index is 12.1. The van der Waals surface area contributed by atoms with Crippen LogP contribution in [-0.4, -0.2) is 20.8 Å². The normalized spacial score (nSPS) is 12.0. The number of anilines is 1. The van der Waals surface area contributed by atoms with Crippen LogP contribution in [0.3, 0.4) is 0 Å². The number of hydrogen-bond acceptors (Lipinski definition) is 4. The van der Waals surface area contributed by atoms with Crippen LogP contribution >= 0.6 is 11.3 Å². The number of carbonyl (C=O) groups is 1. The molecule has 0 aliphatic heterocycles. The summed E-state index contributed by atoms with van der Waals surface area (Å²) in [4.78, 5) is 16.8. The van der Waals surface area contributed by atoms with Gasteiger partial charge in [0, 0.05) is 24.1 Å². The number of amides is 2. The van der Waals surface area contributed by atoms with Crippen molar-refractivity contribution in [1.29, 1.82) is 0 Å². The van der Waals surface area contributed by atoms with Crippen molar-refractivity contribution in [3.05, 3.63) is 52.5 Å². The third kappa shape index (κ3) is 3.62. The molecule has 1 aromatic carbocycles. The molecule has 0 saturated heterocycles. The number of nitrogens with zero attached hydrogens (tertiary/aromatic N) is 3. The van der Waals surface area contributed by atoms with Gasteiger partial charge in [-0.1, -0.05) is 30.3 Å². The van der Waals surface area contributed by atoms with Crippen molar-refractivity contribution in [2.75, 3.05) is 5.32 Å². The highest BCUT2D eigenvalue weighted by molar-refractivity contribution is 7.10. The Labute approximate surface area is 144 Å². The molecular formula is C17H19N5OS. The summed E-state index contributed by atoms with van der Waals surface area (Å²) < 4.78 is 1.64. The van der Waals surface area contributed by atoms with Gasteiger partial charge in [0.15, 0.2) is 0 Å². The van der Waals surface area contributed by atoms with Crippen LogP contribution in [0.2, 0.25) is 0 Å². The zero-order chi connectivity index (χ0) is 17.1. The molecule has 1 atom stereocenters. The lowest BCUT2D eigenvalue weighted by Crippen LogP contribution is -2.31. The third-order valence-corrected chi connectivity index (χ3v) is 4.58. The highest BCUT2D eigenvalue weighted by Gasteiger charge is 2.15. The van der Waals surface area contributed by atoms with E-state index in [0.717, 1.165) is 22.0 Å². The van der Waals surface area contributed by atoms with E-state index in [0.29, 0.717) is 5.82 Å². The Bertz CT molecular complexity index is 840. The van der Waals surface area contributed by atoms with Crippen LogP contribution in [-0.2, 0) is 7.05 Å². The summed E-state index contributed by atoms with van der Waals surface area (Å²) in [5, 5.41) is 12.8. The van der Waals surface area contributed by atoms with Gasteiger partial charge < -0.3 is 5.32 Å². The molecule has 0 spiro atoms. The fourth-order valence-electron chi connectivity index (χ4n) is 2.37. The number of carbonyl (C=O) groups excluding carboxylic acids is 1. The van der Waals surface area contributed by atoms with Gasteiger partial charge in [-0.05, 0) is 13.8 Å². The van der Waals surface area contributed by atoms with Gasteiger partial charge in [-0.15, -0.1) is 11.3 Å². The summed E-state index contributed by atoms with van der Waals surface area (Å²) in [7, 11) is 1.79. The Balaban J connectivity index is 1.64. The van der Waals surface area contributed by atoms with Crippen LogP contribution in [0.1, 0.15) is 23.7 Å². The minimum atomic E-state index is -0.276. The van der Waals surface area contributed by atoms with E-state index in [1.165, 1.54) is 11.3 Å². The molecule has 0 aliphatic rings. The molecule has 2 N–H and O–H groups in total. The lowest BCUT2D eigenvalue weighted by Gasteiger charge is -2.12. The first kappa shape index (κ1) is 16.2. The lowest BCUT2D eigenvalue weighted by molar-refractivity contribution is 0.249. The summed E-state index contributed by atoms with van der Waals surface area (Å²) in [5.41, 5.74) is 2.85. The molecule has 2 heterocycles. The van der Waals surface area contributed by atoms with E-state index in [9.17, 15) is 4.79 Å². The van der Waals surface area contributed by atoms with Crippen LogP contribution in [0.25, 0.3) is 11.3 Å². The van der Waals surface area contributed by atoms with Crippen molar-refractivity contribution in [2.45, 2.75) is 19.9 Å². The number of benzene rings is 1. The predicted octanol–water partition coefficient (Wildman–Crippen LogP) is 3.73. The largest absolute Gasteiger partial charge is 0.329 e. The summed E-state index contributed by atoms with van der Waals surface area (Å²) in [6, 6.07) is 11.4. The smallest absolute Gasteiger partial charge is 0.320 e. The van der Waals surface area contributed by atoms with Gasteiger partial charge in [-0.25, -0.2) is 9.78 Å². The Kier molecular flexibility index (Phi) is 4.61. The van der Waals surface area contributed by atoms with E-state index in [1.807, 2.05) is 55.6 Å². The molecule has 2 amide bonds. The molecular weight excluding hydrogens is 322 g/mol. The fourth-order valence-corrected chi connectivity index (χ4v) is 3.20. The molecule has 3 aromatic rings. The topological polar surface area (TPSA) is 71.8 Å². The van der Waals surface area contributed by atoms with E-state index in [4.69, 9.17) is 0 Å². The number of urea groups is 1. The summed E-state index contributed by atoms with van der Waals surface area (Å²) in [5.74, 6) is 0.654. The second kappa shape index (κ2) is 6.84. The van der Waals surface area contributed by atoms with E-state index < -0.39 is 0 Å². The third-order valence-electron chi connectivity index (χ3n) is 3.55. The van der Waals surface area contributed by atoms with Crippen molar-refractivity contribution in [3.63, 3.8) is 0 Å². The van der Waals surface area contributed by atoms with Crippen LogP contribution < -0.4 is 10.6 Å². The van der Waals surface area contributed by atoms with Gasteiger partial charge in [-0.2, -0.15) is 5.10 Å². The molecule has 7 heteroatoms. The van der Waals surface area contributed by atoms with Crippen molar-refractivity contribution in [1.82, 2.24) is 20.1 Å². The average molecular weight is 341 g/mol. The van der Waals surface area contributed by atoms with Gasteiger partial charge in [0.2, 0.25) is 0 Å². The monoisotopic (exact) mass is 341 g/mol. The minimum absolute atomic E-state index is 0.179. The first-order chi connectivity index (χ1) is 11.5. The molecule has 0 bridgehead atoms. The van der Waals surface area contributed by atoms with E-state index in [2.05, 4.69) is 20.7 Å². The van der Waals surface area contributed by atoms with E-state index in [1.54, 1.807) is 11.7 Å². The van der Waals surface area contributed by atoms with Gasteiger partial charge >= 0.3 is 6.03 Å². The number of aryl methyl sites for hydroxylation is 2. The van der Waals surface area contributed by atoms with E-state index >= 15 is 0 Å². The second-order valence-electron chi connectivity index (χ2n) is 5.55. The number of rotatable bonds is 4. The Morgan fingerprint density at radius 1 is 1.29 bits per heavy atom. The quantitative estimate of drug-likeness (QED) is 0.759. The Hall–Kier alpha value is -2.67. The van der Waals surface area contributed by atoms with Crippen LogP contribution in [0.5, 0.6) is 0 Å². The molecule has 6 nitrogen and oxygen atoms in total.